The van der Waals surface area contributed by atoms with Crippen LogP contribution in [0, 0.1) is 21.4 Å². The van der Waals surface area contributed by atoms with Gasteiger partial charge in [-0.3, -0.25) is 10.1 Å². The first-order valence-corrected chi connectivity index (χ1v) is 4.53. The number of nitro groups is 1. The van der Waals surface area contributed by atoms with E-state index in [1.807, 2.05) is 0 Å². The molecule has 0 aliphatic carbocycles. The number of ether oxygens (including phenoxy) is 1. The fraction of sp³-hybridized carbons (Fsp3) is 0.0909. The first-order chi connectivity index (χ1) is 8.10. The molecule has 1 aromatic rings. The van der Waals surface area contributed by atoms with E-state index < -0.39 is 10.9 Å². The molecule has 0 aliphatic rings. The lowest BCUT2D eigenvalue weighted by Gasteiger charge is -2.00. The lowest BCUT2D eigenvalue weighted by molar-refractivity contribution is -0.385. The number of allylic oxidation sites excluding steroid dienone is 1. The molecule has 0 N–H and O–H groups in total. The van der Waals surface area contributed by atoms with Crippen molar-refractivity contribution in [1.82, 2.24) is 0 Å². The Hall–Kier alpha value is -2.68. The number of carbonyl (C=O) groups is 1. The van der Waals surface area contributed by atoms with Gasteiger partial charge >= 0.3 is 5.97 Å². The number of rotatable bonds is 3. The van der Waals surface area contributed by atoms with Crippen LogP contribution in [0.2, 0.25) is 0 Å². The van der Waals surface area contributed by atoms with Gasteiger partial charge in [0.25, 0.3) is 5.69 Å². The second-order valence-electron chi connectivity index (χ2n) is 2.97. The molecule has 0 unspecified atom stereocenters. The van der Waals surface area contributed by atoms with Crippen molar-refractivity contribution in [3.63, 3.8) is 0 Å². The fourth-order valence-corrected chi connectivity index (χ4v) is 1.21. The predicted molar refractivity (Wildman–Crippen MR) is 58.7 cm³/mol. The Morgan fingerprint density at radius 3 is 2.71 bits per heavy atom. The third-order valence-corrected chi connectivity index (χ3v) is 1.97. The summed E-state index contributed by atoms with van der Waals surface area (Å²) in [5, 5.41) is 19.6. The average Bonchev–Trinajstić information content (AvgIpc) is 2.35. The summed E-state index contributed by atoms with van der Waals surface area (Å²) in [7, 11) is 1.16. The van der Waals surface area contributed by atoms with Gasteiger partial charge in [-0.05, 0) is 6.07 Å². The summed E-state index contributed by atoms with van der Waals surface area (Å²) in [6.07, 6.45) is 0.919. The molecule has 0 bridgehead atoms. The molecule has 0 heterocycles. The molecule has 0 radical (unpaired) electrons. The Morgan fingerprint density at radius 1 is 1.53 bits per heavy atom. The maximum absolute atomic E-state index is 11.0. The van der Waals surface area contributed by atoms with Gasteiger partial charge in [0.1, 0.15) is 6.07 Å². The average molecular weight is 232 g/mol. The Bertz CT molecular complexity index is 529. The summed E-state index contributed by atoms with van der Waals surface area (Å²) >= 11 is 0. The van der Waals surface area contributed by atoms with E-state index in [2.05, 4.69) is 4.74 Å². The maximum atomic E-state index is 11.0. The van der Waals surface area contributed by atoms with Crippen LogP contribution in [-0.2, 0) is 9.53 Å². The SMILES string of the molecule is COC(=O)C=C(C#N)c1ccccc1[N+](=O)[O-]. The number of hydrogen-bond acceptors (Lipinski definition) is 5. The minimum Gasteiger partial charge on any atom is -0.466 e. The largest absolute Gasteiger partial charge is 0.466 e. The molecule has 17 heavy (non-hydrogen) atoms. The third kappa shape index (κ3) is 2.89. The van der Waals surface area contributed by atoms with Crippen molar-refractivity contribution >= 4 is 17.2 Å². The van der Waals surface area contributed by atoms with Gasteiger partial charge < -0.3 is 4.74 Å². The number of carbonyl (C=O) groups excluding carboxylic acids is 1. The van der Waals surface area contributed by atoms with Crippen LogP contribution in [0.25, 0.3) is 5.57 Å². The molecule has 0 saturated heterocycles. The minimum absolute atomic E-state index is 0.0883. The van der Waals surface area contributed by atoms with E-state index in [0.717, 1.165) is 13.2 Å². The lowest BCUT2D eigenvalue weighted by atomic mass is 10.0. The van der Waals surface area contributed by atoms with Crippen LogP contribution in [0.4, 0.5) is 5.69 Å². The van der Waals surface area contributed by atoms with Crippen LogP contribution >= 0.6 is 0 Å². The van der Waals surface area contributed by atoms with Crippen molar-refractivity contribution in [3.05, 3.63) is 46.0 Å². The first-order valence-electron chi connectivity index (χ1n) is 4.53. The number of nitriles is 1. The Kier molecular flexibility index (Phi) is 3.95. The Balaban J connectivity index is 3.32. The van der Waals surface area contributed by atoms with Crippen LogP contribution in [0.5, 0.6) is 0 Å². The number of esters is 1. The standard InChI is InChI=1S/C11H8N2O4/c1-17-11(14)6-8(7-12)9-4-2-3-5-10(9)13(15)16/h2-6H,1H3. The summed E-state index contributed by atoms with van der Waals surface area (Å²) in [5.74, 6) is -0.736. The lowest BCUT2D eigenvalue weighted by Crippen LogP contribution is -1.98. The molecule has 6 heteroatoms. The molecule has 0 spiro atoms. The van der Waals surface area contributed by atoms with Crippen LogP contribution in [0.3, 0.4) is 0 Å². The van der Waals surface area contributed by atoms with Gasteiger partial charge in [-0.25, -0.2) is 4.79 Å². The fourth-order valence-electron chi connectivity index (χ4n) is 1.21. The van der Waals surface area contributed by atoms with Crippen molar-refractivity contribution in [2.75, 3.05) is 7.11 Å². The molecular formula is C11H8N2O4. The Labute approximate surface area is 96.9 Å². The van der Waals surface area contributed by atoms with Crippen molar-refractivity contribution < 1.29 is 14.5 Å². The summed E-state index contributed by atoms with van der Waals surface area (Å²) in [6, 6.07) is 7.42. The number of nitrogens with zero attached hydrogens (tertiary/aromatic N) is 2. The van der Waals surface area contributed by atoms with E-state index in [-0.39, 0.29) is 16.8 Å². The zero-order valence-electron chi connectivity index (χ0n) is 8.91. The third-order valence-electron chi connectivity index (χ3n) is 1.97. The van der Waals surface area contributed by atoms with E-state index in [1.54, 1.807) is 12.1 Å². The molecule has 86 valence electrons. The second-order valence-corrected chi connectivity index (χ2v) is 2.97. The Morgan fingerprint density at radius 2 is 2.18 bits per heavy atom. The molecule has 0 amide bonds. The second kappa shape index (κ2) is 5.42. The van der Waals surface area contributed by atoms with E-state index in [9.17, 15) is 14.9 Å². The van der Waals surface area contributed by atoms with Gasteiger partial charge in [0.05, 0.1) is 23.2 Å². The van der Waals surface area contributed by atoms with E-state index in [4.69, 9.17) is 5.26 Å². The number of hydrogen-bond donors (Lipinski definition) is 0. The summed E-state index contributed by atoms with van der Waals surface area (Å²) in [5.41, 5.74) is -0.251. The van der Waals surface area contributed by atoms with Crippen LogP contribution in [0.15, 0.2) is 30.3 Å². The monoisotopic (exact) mass is 232 g/mol. The molecule has 0 fully saturated rings. The highest BCUT2D eigenvalue weighted by molar-refractivity contribution is 5.96. The number of benzene rings is 1. The molecule has 0 aromatic heterocycles. The highest BCUT2D eigenvalue weighted by Crippen LogP contribution is 2.25. The first kappa shape index (κ1) is 12.4. The maximum Gasteiger partial charge on any atom is 0.331 e. The van der Waals surface area contributed by atoms with Crippen molar-refractivity contribution in [1.29, 1.82) is 5.26 Å². The van der Waals surface area contributed by atoms with Gasteiger partial charge in [-0.15, -0.1) is 0 Å². The van der Waals surface area contributed by atoms with Gasteiger partial charge in [-0.2, -0.15) is 5.26 Å². The van der Waals surface area contributed by atoms with E-state index in [0.29, 0.717) is 0 Å². The van der Waals surface area contributed by atoms with Gasteiger partial charge in [0.2, 0.25) is 0 Å². The van der Waals surface area contributed by atoms with Gasteiger partial charge in [0.15, 0.2) is 0 Å². The van der Waals surface area contributed by atoms with Crippen LogP contribution < -0.4 is 0 Å². The number of nitro benzene ring substituents is 1. The van der Waals surface area contributed by atoms with Crippen molar-refractivity contribution in [3.8, 4) is 6.07 Å². The molecule has 0 atom stereocenters. The number of methoxy groups -OCH3 is 1. The zero-order valence-corrected chi connectivity index (χ0v) is 8.91. The molecule has 0 aliphatic heterocycles. The van der Waals surface area contributed by atoms with E-state index >= 15 is 0 Å². The quantitative estimate of drug-likeness (QED) is 0.260. The zero-order chi connectivity index (χ0) is 12.8. The van der Waals surface area contributed by atoms with Crippen molar-refractivity contribution in [2.45, 2.75) is 0 Å². The van der Waals surface area contributed by atoms with Crippen LogP contribution in [0.1, 0.15) is 5.56 Å². The summed E-state index contributed by atoms with van der Waals surface area (Å²) in [4.78, 5) is 21.2. The highest BCUT2D eigenvalue weighted by atomic mass is 16.6. The predicted octanol–water partition coefficient (Wildman–Crippen LogP) is 1.67. The van der Waals surface area contributed by atoms with Gasteiger partial charge in [-0.1, -0.05) is 12.1 Å². The summed E-state index contributed by atoms with van der Waals surface area (Å²) in [6.45, 7) is 0. The number of para-hydroxylation sites is 1. The van der Waals surface area contributed by atoms with Gasteiger partial charge in [0, 0.05) is 12.1 Å². The highest BCUT2D eigenvalue weighted by Gasteiger charge is 2.16. The van der Waals surface area contributed by atoms with Crippen molar-refractivity contribution in [2.24, 2.45) is 0 Å². The minimum atomic E-state index is -0.736. The summed E-state index contributed by atoms with van der Waals surface area (Å²) < 4.78 is 4.37. The van der Waals surface area contributed by atoms with E-state index in [1.165, 1.54) is 18.2 Å². The molecule has 1 rings (SSSR count). The smallest absolute Gasteiger partial charge is 0.331 e. The van der Waals surface area contributed by atoms with Crippen LogP contribution in [-0.4, -0.2) is 18.0 Å². The molecular weight excluding hydrogens is 224 g/mol. The molecule has 0 saturated carbocycles. The normalized spacial score (nSPS) is 10.5. The topological polar surface area (TPSA) is 93.2 Å². The molecule has 1 aromatic carbocycles. The molecule has 6 nitrogen and oxygen atoms in total.